The van der Waals surface area contributed by atoms with Gasteiger partial charge in [0.05, 0.1) is 0 Å². The molecule has 1 aliphatic carbocycles. The van der Waals surface area contributed by atoms with Gasteiger partial charge < -0.3 is 5.73 Å². The third kappa shape index (κ3) is 3.57. The molecule has 0 amide bonds. The lowest BCUT2D eigenvalue weighted by Crippen LogP contribution is -2.46. The summed E-state index contributed by atoms with van der Waals surface area (Å²) in [6.07, 6.45) is 6.00. The van der Waals surface area contributed by atoms with Crippen molar-refractivity contribution < 1.29 is 0 Å². The van der Waals surface area contributed by atoms with E-state index >= 15 is 0 Å². The van der Waals surface area contributed by atoms with Crippen LogP contribution in [0.2, 0.25) is 0 Å². The molecule has 1 nitrogen and oxygen atoms in total. The predicted octanol–water partition coefficient (Wildman–Crippen LogP) is 3.77. The maximum atomic E-state index is 6.59. The van der Waals surface area contributed by atoms with Crippen LogP contribution in [0.5, 0.6) is 0 Å². The first-order valence-electron chi connectivity index (χ1n) is 6.90. The second-order valence-electron chi connectivity index (χ2n) is 6.20. The molecule has 2 N–H and O–H groups in total. The first kappa shape index (κ1) is 12.6. The fraction of sp³-hybridized carbons (Fsp3) is 0.625. The number of aryl methyl sites for hydroxylation is 1. The lowest BCUT2D eigenvalue weighted by atomic mass is 9.70. The zero-order valence-electron chi connectivity index (χ0n) is 11.2. The Morgan fingerprint density at radius 1 is 1.12 bits per heavy atom. The zero-order valence-corrected chi connectivity index (χ0v) is 11.2. The minimum absolute atomic E-state index is 0.0763. The Hall–Kier alpha value is -0.820. The third-order valence-electron chi connectivity index (χ3n) is 4.07. The first-order valence-corrected chi connectivity index (χ1v) is 6.90. The van der Waals surface area contributed by atoms with Crippen molar-refractivity contribution in [3.8, 4) is 0 Å². The van der Waals surface area contributed by atoms with Gasteiger partial charge in [-0.1, -0.05) is 44.2 Å². The first-order chi connectivity index (χ1) is 8.07. The minimum atomic E-state index is 0.0763. The van der Waals surface area contributed by atoms with Crippen molar-refractivity contribution in [3.63, 3.8) is 0 Å². The maximum Gasteiger partial charge on any atom is 0.0162 e. The van der Waals surface area contributed by atoms with Gasteiger partial charge in [0.2, 0.25) is 0 Å². The maximum absolute atomic E-state index is 6.59. The van der Waals surface area contributed by atoms with Crippen LogP contribution in [-0.2, 0) is 6.42 Å². The standard InChI is InChI=1S/C16H25N/c1-13-10-14(2)12-16(17,11-13)9-8-15-6-4-3-5-7-15/h3-7,13-14H,8-12,17H2,1-2H3. The molecule has 1 aliphatic rings. The molecule has 0 spiro atoms. The molecule has 2 rings (SSSR count). The van der Waals surface area contributed by atoms with Crippen LogP contribution in [0.4, 0.5) is 0 Å². The Bertz CT molecular complexity index is 334. The summed E-state index contributed by atoms with van der Waals surface area (Å²) in [6.45, 7) is 4.69. The van der Waals surface area contributed by atoms with Gasteiger partial charge in [0.1, 0.15) is 0 Å². The Morgan fingerprint density at radius 3 is 2.29 bits per heavy atom. The van der Waals surface area contributed by atoms with E-state index in [0.29, 0.717) is 0 Å². The van der Waals surface area contributed by atoms with Gasteiger partial charge in [0.15, 0.2) is 0 Å². The molecule has 1 aromatic carbocycles. The number of rotatable bonds is 3. The SMILES string of the molecule is CC1CC(C)CC(N)(CCc2ccccc2)C1. The zero-order chi connectivity index (χ0) is 12.3. The fourth-order valence-electron chi connectivity index (χ4n) is 3.57. The summed E-state index contributed by atoms with van der Waals surface area (Å²) in [5, 5.41) is 0. The normalized spacial score (nSPS) is 33.6. The van der Waals surface area contributed by atoms with Crippen LogP contribution in [0.1, 0.15) is 45.1 Å². The molecule has 0 aromatic heterocycles. The number of hydrogen-bond acceptors (Lipinski definition) is 1. The Kier molecular flexibility index (Phi) is 3.88. The Labute approximate surface area is 105 Å². The second kappa shape index (κ2) is 5.22. The van der Waals surface area contributed by atoms with E-state index in [1.165, 1.54) is 24.8 Å². The molecule has 1 heteroatoms. The van der Waals surface area contributed by atoms with Gasteiger partial charge in [-0.15, -0.1) is 0 Å². The van der Waals surface area contributed by atoms with Gasteiger partial charge in [0, 0.05) is 5.54 Å². The van der Waals surface area contributed by atoms with Gasteiger partial charge in [-0.3, -0.25) is 0 Å². The highest BCUT2D eigenvalue weighted by atomic mass is 14.7. The monoisotopic (exact) mass is 231 g/mol. The number of nitrogens with two attached hydrogens (primary N) is 1. The average molecular weight is 231 g/mol. The molecule has 0 heterocycles. The number of hydrogen-bond donors (Lipinski definition) is 1. The van der Waals surface area contributed by atoms with Crippen LogP contribution in [0.15, 0.2) is 30.3 Å². The van der Waals surface area contributed by atoms with Crippen LogP contribution in [0, 0.1) is 11.8 Å². The molecule has 94 valence electrons. The quantitative estimate of drug-likeness (QED) is 0.842. The molecular formula is C16H25N. The van der Waals surface area contributed by atoms with Crippen molar-refractivity contribution in [2.75, 3.05) is 0 Å². The Morgan fingerprint density at radius 2 is 1.71 bits per heavy atom. The molecule has 0 aliphatic heterocycles. The largest absolute Gasteiger partial charge is 0.325 e. The van der Waals surface area contributed by atoms with E-state index in [1.807, 2.05) is 0 Å². The molecule has 0 radical (unpaired) electrons. The van der Waals surface area contributed by atoms with Gasteiger partial charge in [-0.05, 0) is 49.5 Å². The topological polar surface area (TPSA) is 26.0 Å². The van der Waals surface area contributed by atoms with Gasteiger partial charge in [-0.25, -0.2) is 0 Å². The third-order valence-corrected chi connectivity index (χ3v) is 4.07. The molecule has 2 atom stereocenters. The van der Waals surface area contributed by atoms with E-state index in [0.717, 1.165) is 24.7 Å². The average Bonchev–Trinajstić information content (AvgIpc) is 2.26. The van der Waals surface area contributed by atoms with E-state index < -0.39 is 0 Å². The molecule has 0 saturated heterocycles. The van der Waals surface area contributed by atoms with Crippen molar-refractivity contribution in [1.82, 2.24) is 0 Å². The van der Waals surface area contributed by atoms with Crippen molar-refractivity contribution in [1.29, 1.82) is 0 Å². The van der Waals surface area contributed by atoms with Gasteiger partial charge in [-0.2, -0.15) is 0 Å². The van der Waals surface area contributed by atoms with E-state index in [4.69, 9.17) is 5.73 Å². The summed E-state index contributed by atoms with van der Waals surface area (Å²) in [6, 6.07) is 10.7. The van der Waals surface area contributed by atoms with Crippen LogP contribution < -0.4 is 5.73 Å². The van der Waals surface area contributed by atoms with Crippen molar-refractivity contribution in [3.05, 3.63) is 35.9 Å². The predicted molar refractivity (Wildman–Crippen MR) is 73.9 cm³/mol. The minimum Gasteiger partial charge on any atom is -0.325 e. The summed E-state index contributed by atoms with van der Waals surface area (Å²) >= 11 is 0. The molecule has 1 aromatic rings. The van der Waals surface area contributed by atoms with E-state index in [1.54, 1.807) is 0 Å². The molecule has 1 saturated carbocycles. The van der Waals surface area contributed by atoms with E-state index in [2.05, 4.69) is 44.2 Å². The fourth-order valence-corrected chi connectivity index (χ4v) is 3.57. The lowest BCUT2D eigenvalue weighted by Gasteiger charge is -2.40. The molecule has 2 unspecified atom stereocenters. The summed E-state index contributed by atoms with van der Waals surface area (Å²) in [5.74, 6) is 1.58. The summed E-state index contributed by atoms with van der Waals surface area (Å²) in [7, 11) is 0. The van der Waals surface area contributed by atoms with Crippen molar-refractivity contribution >= 4 is 0 Å². The highest BCUT2D eigenvalue weighted by Crippen LogP contribution is 2.36. The highest BCUT2D eigenvalue weighted by Gasteiger charge is 2.33. The van der Waals surface area contributed by atoms with Crippen molar-refractivity contribution in [2.24, 2.45) is 17.6 Å². The van der Waals surface area contributed by atoms with E-state index in [9.17, 15) is 0 Å². The van der Waals surface area contributed by atoms with Gasteiger partial charge >= 0.3 is 0 Å². The smallest absolute Gasteiger partial charge is 0.0162 e. The van der Waals surface area contributed by atoms with Crippen LogP contribution in [0.25, 0.3) is 0 Å². The van der Waals surface area contributed by atoms with Crippen LogP contribution in [-0.4, -0.2) is 5.54 Å². The van der Waals surface area contributed by atoms with E-state index in [-0.39, 0.29) is 5.54 Å². The summed E-state index contributed by atoms with van der Waals surface area (Å²) in [5.41, 5.74) is 8.08. The summed E-state index contributed by atoms with van der Waals surface area (Å²) in [4.78, 5) is 0. The lowest BCUT2D eigenvalue weighted by molar-refractivity contribution is 0.173. The van der Waals surface area contributed by atoms with Gasteiger partial charge in [0.25, 0.3) is 0 Å². The van der Waals surface area contributed by atoms with Crippen LogP contribution in [0.3, 0.4) is 0 Å². The molecule has 17 heavy (non-hydrogen) atoms. The molecule has 1 fully saturated rings. The number of benzene rings is 1. The highest BCUT2D eigenvalue weighted by molar-refractivity contribution is 5.15. The molecule has 0 bridgehead atoms. The van der Waals surface area contributed by atoms with Crippen molar-refractivity contribution in [2.45, 2.75) is 51.5 Å². The Balaban J connectivity index is 1.93. The van der Waals surface area contributed by atoms with Crippen LogP contribution >= 0.6 is 0 Å². The molecular weight excluding hydrogens is 206 g/mol. The second-order valence-corrected chi connectivity index (χ2v) is 6.20. The summed E-state index contributed by atoms with van der Waals surface area (Å²) < 4.78 is 0.